The van der Waals surface area contributed by atoms with Crippen molar-refractivity contribution in [3.8, 4) is 16.9 Å². The lowest BCUT2D eigenvalue weighted by Crippen LogP contribution is -2.40. The summed E-state index contributed by atoms with van der Waals surface area (Å²) < 4.78 is 40.4. The maximum Gasteiger partial charge on any atom is 0.416 e. The molecule has 0 aliphatic rings. The first kappa shape index (κ1) is 26.7. The van der Waals surface area contributed by atoms with Crippen LogP contribution in [0.1, 0.15) is 29.8 Å². The van der Waals surface area contributed by atoms with Crippen molar-refractivity contribution in [2.45, 2.75) is 20.0 Å². The van der Waals surface area contributed by atoms with Gasteiger partial charge in [0.1, 0.15) is 12.4 Å². The molecule has 196 valence electrons. The SMILES string of the molecule is CC(C)CN(CC(=O)Nc1cc(-c2ccccc2)nn1-c1ccccc1)C(=O)c1ccc(C(F)(F)F)cc1. The fourth-order valence-electron chi connectivity index (χ4n) is 3.99. The third kappa shape index (κ3) is 6.47. The Morgan fingerprint density at radius 1 is 0.921 bits per heavy atom. The number of hydrogen-bond donors (Lipinski definition) is 1. The first-order valence-electron chi connectivity index (χ1n) is 12.1. The van der Waals surface area contributed by atoms with Crippen molar-refractivity contribution in [2.24, 2.45) is 5.92 Å². The van der Waals surface area contributed by atoms with E-state index in [2.05, 4.69) is 10.4 Å². The Bertz CT molecular complexity index is 1380. The standard InChI is InChI=1S/C29H27F3N4O2/c1-20(2)18-35(28(38)22-13-15-23(16-14-22)29(30,31)32)19-27(37)33-26-17-25(21-9-5-3-6-10-21)34-36(26)24-11-7-4-8-12-24/h3-17,20H,18-19H2,1-2H3,(H,33,37). The van der Waals surface area contributed by atoms with Gasteiger partial charge in [0.15, 0.2) is 0 Å². The number of carbonyl (C=O) groups excluding carboxylic acids is 2. The Morgan fingerprint density at radius 2 is 1.53 bits per heavy atom. The largest absolute Gasteiger partial charge is 0.416 e. The second-order valence-corrected chi connectivity index (χ2v) is 9.23. The summed E-state index contributed by atoms with van der Waals surface area (Å²) in [5.41, 5.74) is 1.50. The molecule has 9 heteroatoms. The minimum Gasteiger partial charge on any atom is -0.329 e. The van der Waals surface area contributed by atoms with E-state index < -0.39 is 23.6 Å². The van der Waals surface area contributed by atoms with Crippen LogP contribution in [0.3, 0.4) is 0 Å². The molecule has 4 rings (SSSR count). The topological polar surface area (TPSA) is 67.2 Å². The van der Waals surface area contributed by atoms with E-state index in [4.69, 9.17) is 0 Å². The lowest BCUT2D eigenvalue weighted by atomic mass is 10.1. The molecule has 0 fully saturated rings. The monoisotopic (exact) mass is 520 g/mol. The van der Waals surface area contributed by atoms with E-state index in [1.807, 2.05) is 74.5 Å². The van der Waals surface area contributed by atoms with Gasteiger partial charge in [-0.25, -0.2) is 4.68 Å². The van der Waals surface area contributed by atoms with Gasteiger partial charge in [-0.1, -0.05) is 62.4 Å². The van der Waals surface area contributed by atoms with Crippen LogP contribution >= 0.6 is 0 Å². The molecule has 0 saturated heterocycles. The van der Waals surface area contributed by atoms with Crippen LogP contribution < -0.4 is 5.32 Å². The summed E-state index contributed by atoms with van der Waals surface area (Å²) in [7, 11) is 0. The summed E-state index contributed by atoms with van der Waals surface area (Å²) in [6.07, 6.45) is -4.50. The Balaban J connectivity index is 1.57. The van der Waals surface area contributed by atoms with Crippen LogP contribution in [0.5, 0.6) is 0 Å². The molecule has 38 heavy (non-hydrogen) atoms. The molecule has 0 bridgehead atoms. The number of nitrogens with zero attached hydrogens (tertiary/aromatic N) is 3. The van der Waals surface area contributed by atoms with Crippen LogP contribution in [0.4, 0.5) is 19.0 Å². The summed E-state index contributed by atoms with van der Waals surface area (Å²) in [6.45, 7) is 3.75. The number of halogens is 3. The van der Waals surface area contributed by atoms with Crippen molar-refractivity contribution in [3.05, 3.63) is 102 Å². The summed E-state index contributed by atoms with van der Waals surface area (Å²) in [6, 6.07) is 24.6. The number of aromatic nitrogens is 2. The third-order valence-electron chi connectivity index (χ3n) is 5.71. The number of benzene rings is 3. The zero-order valence-electron chi connectivity index (χ0n) is 20.9. The number of rotatable bonds is 8. The van der Waals surface area contributed by atoms with Gasteiger partial charge in [-0.05, 0) is 42.3 Å². The van der Waals surface area contributed by atoms with Crippen molar-refractivity contribution < 1.29 is 22.8 Å². The molecule has 3 aromatic carbocycles. The van der Waals surface area contributed by atoms with E-state index in [1.165, 1.54) is 4.90 Å². The molecular formula is C29H27F3N4O2. The van der Waals surface area contributed by atoms with Gasteiger partial charge in [-0.2, -0.15) is 18.3 Å². The predicted octanol–water partition coefficient (Wildman–Crippen LogP) is 6.30. The molecule has 0 radical (unpaired) electrons. The van der Waals surface area contributed by atoms with E-state index in [0.29, 0.717) is 11.5 Å². The molecule has 0 aliphatic heterocycles. The molecule has 0 atom stereocenters. The fourth-order valence-corrected chi connectivity index (χ4v) is 3.99. The molecule has 0 unspecified atom stereocenters. The molecule has 0 spiro atoms. The second-order valence-electron chi connectivity index (χ2n) is 9.23. The first-order valence-corrected chi connectivity index (χ1v) is 12.1. The molecule has 1 N–H and O–H groups in total. The summed E-state index contributed by atoms with van der Waals surface area (Å²) in [5, 5.41) is 7.53. The summed E-state index contributed by atoms with van der Waals surface area (Å²) in [5.74, 6) is -0.529. The van der Waals surface area contributed by atoms with Crippen LogP contribution in [0.25, 0.3) is 16.9 Å². The highest BCUT2D eigenvalue weighted by atomic mass is 19.4. The molecule has 0 aliphatic carbocycles. The van der Waals surface area contributed by atoms with Gasteiger partial charge in [0.25, 0.3) is 5.91 Å². The molecule has 1 heterocycles. The smallest absolute Gasteiger partial charge is 0.329 e. The number of nitrogens with one attached hydrogen (secondary N) is 1. The maximum absolute atomic E-state index is 13.2. The van der Waals surface area contributed by atoms with Crippen molar-refractivity contribution in [3.63, 3.8) is 0 Å². The average Bonchev–Trinajstić information content (AvgIpc) is 3.32. The van der Waals surface area contributed by atoms with E-state index in [9.17, 15) is 22.8 Å². The van der Waals surface area contributed by atoms with Crippen LogP contribution in [-0.2, 0) is 11.0 Å². The van der Waals surface area contributed by atoms with Gasteiger partial charge < -0.3 is 10.2 Å². The van der Waals surface area contributed by atoms with Gasteiger partial charge >= 0.3 is 6.18 Å². The van der Waals surface area contributed by atoms with Crippen LogP contribution in [0, 0.1) is 5.92 Å². The molecule has 2 amide bonds. The lowest BCUT2D eigenvalue weighted by molar-refractivity contribution is -0.137. The Morgan fingerprint density at radius 3 is 2.11 bits per heavy atom. The fraction of sp³-hybridized carbons (Fsp3) is 0.207. The highest BCUT2D eigenvalue weighted by Crippen LogP contribution is 2.29. The average molecular weight is 521 g/mol. The molecule has 6 nitrogen and oxygen atoms in total. The summed E-state index contributed by atoms with van der Waals surface area (Å²) >= 11 is 0. The van der Waals surface area contributed by atoms with E-state index in [1.54, 1.807) is 10.7 Å². The number of para-hydroxylation sites is 1. The maximum atomic E-state index is 13.2. The van der Waals surface area contributed by atoms with Crippen LogP contribution in [0.2, 0.25) is 0 Å². The van der Waals surface area contributed by atoms with Crippen LogP contribution in [0.15, 0.2) is 91.0 Å². The normalized spacial score (nSPS) is 11.4. The van der Waals surface area contributed by atoms with Gasteiger partial charge in [-0.3, -0.25) is 9.59 Å². The zero-order chi connectivity index (χ0) is 27.3. The molecule has 0 saturated carbocycles. The number of amides is 2. The lowest BCUT2D eigenvalue weighted by Gasteiger charge is -2.24. The van der Waals surface area contributed by atoms with E-state index in [0.717, 1.165) is 35.5 Å². The predicted molar refractivity (Wildman–Crippen MR) is 140 cm³/mol. The van der Waals surface area contributed by atoms with Gasteiger partial charge in [0.2, 0.25) is 5.91 Å². The third-order valence-corrected chi connectivity index (χ3v) is 5.71. The number of alkyl halides is 3. The number of carbonyl (C=O) groups is 2. The van der Waals surface area contributed by atoms with Crippen LogP contribution in [-0.4, -0.2) is 39.6 Å². The van der Waals surface area contributed by atoms with E-state index in [-0.39, 0.29) is 24.6 Å². The Kier molecular flexibility index (Phi) is 7.95. The van der Waals surface area contributed by atoms with Crippen molar-refractivity contribution >= 4 is 17.6 Å². The van der Waals surface area contributed by atoms with E-state index >= 15 is 0 Å². The quantitative estimate of drug-likeness (QED) is 0.297. The number of anilines is 1. The summed E-state index contributed by atoms with van der Waals surface area (Å²) in [4.78, 5) is 27.7. The van der Waals surface area contributed by atoms with Crippen molar-refractivity contribution in [1.29, 1.82) is 0 Å². The van der Waals surface area contributed by atoms with Crippen molar-refractivity contribution in [1.82, 2.24) is 14.7 Å². The highest BCUT2D eigenvalue weighted by Gasteiger charge is 2.30. The Hall–Kier alpha value is -4.40. The molecule has 1 aromatic heterocycles. The minimum absolute atomic E-state index is 0.0285. The highest BCUT2D eigenvalue weighted by molar-refractivity contribution is 5.99. The first-order chi connectivity index (χ1) is 18.1. The Labute approximate surface area is 218 Å². The van der Waals surface area contributed by atoms with Gasteiger partial charge in [0, 0.05) is 23.7 Å². The zero-order valence-corrected chi connectivity index (χ0v) is 20.9. The second kappa shape index (κ2) is 11.3. The minimum atomic E-state index is -4.50. The number of hydrogen-bond acceptors (Lipinski definition) is 3. The van der Waals surface area contributed by atoms with Crippen molar-refractivity contribution in [2.75, 3.05) is 18.4 Å². The van der Waals surface area contributed by atoms with Gasteiger partial charge in [0.05, 0.1) is 16.9 Å². The van der Waals surface area contributed by atoms with Gasteiger partial charge in [-0.15, -0.1) is 0 Å². The molecule has 4 aromatic rings. The molecular weight excluding hydrogens is 493 g/mol.